The molecule has 128 valence electrons. The third-order valence-electron chi connectivity index (χ3n) is 3.51. The van der Waals surface area contributed by atoms with Crippen LogP contribution in [0.1, 0.15) is 11.1 Å². The van der Waals surface area contributed by atoms with Crippen molar-refractivity contribution < 1.29 is 24.1 Å². The van der Waals surface area contributed by atoms with Crippen molar-refractivity contribution in [3.8, 4) is 28.7 Å². The van der Waals surface area contributed by atoms with Crippen molar-refractivity contribution in [2.24, 2.45) is 4.99 Å². The highest BCUT2D eigenvalue weighted by Gasteiger charge is 2.11. The van der Waals surface area contributed by atoms with Crippen LogP contribution in [0.4, 0.5) is 0 Å². The molecule has 2 aromatic rings. The predicted molar refractivity (Wildman–Crippen MR) is 92.1 cm³/mol. The van der Waals surface area contributed by atoms with Gasteiger partial charge >= 0.3 is 0 Å². The summed E-state index contributed by atoms with van der Waals surface area (Å²) in [5, 5.41) is 9.87. The van der Waals surface area contributed by atoms with Crippen LogP contribution in [0.2, 0.25) is 0 Å². The molecule has 6 heteroatoms. The van der Waals surface area contributed by atoms with Crippen molar-refractivity contribution in [2.45, 2.75) is 6.54 Å². The van der Waals surface area contributed by atoms with Gasteiger partial charge in [-0.3, -0.25) is 4.99 Å². The number of phenolic OH excluding ortho intramolecular Hbond substituents is 1. The van der Waals surface area contributed by atoms with E-state index in [1.54, 1.807) is 58.9 Å². The van der Waals surface area contributed by atoms with E-state index in [9.17, 15) is 5.11 Å². The maximum absolute atomic E-state index is 9.87. The molecule has 0 heterocycles. The van der Waals surface area contributed by atoms with Crippen LogP contribution in [0.3, 0.4) is 0 Å². The zero-order chi connectivity index (χ0) is 17.5. The number of methoxy groups -OCH3 is 4. The van der Waals surface area contributed by atoms with Crippen molar-refractivity contribution >= 4 is 6.21 Å². The maximum atomic E-state index is 9.87. The van der Waals surface area contributed by atoms with Gasteiger partial charge in [0.2, 0.25) is 0 Å². The average molecular weight is 331 g/mol. The van der Waals surface area contributed by atoms with E-state index in [1.165, 1.54) is 0 Å². The first kappa shape index (κ1) is 17.5. The highest BCUT2D eigenvalue weighted by molar-refractivity contribution is 5.84. The molecule has 0 bridgehead atoms. The molecular weight excluding hydrogens is 310 g/mol. The second-order valence-corrected chi connectivity index (χ2v) is 4.91. The van der Waals surface area contributed by atoms with Crippen LogP contribution in [0, 0.1) is 0 Å². The number of phenols is 1. The molecule has 0 aliphatic heterocycles. The molecule has 0 aliphatic rings. The Hall–Kier alpha value is -2.89. The molecule has 0 unspecified atom stereocenters. The molecule has 0 fully saturated rings. The fourth-order valence-corrected chi connectivity index (χ4v) is 2.22. The topological polar surface area (TPSA) is 69.5 Å². The van der Waals surface area contributed by atoms with E-state index in [4.69, 9.17) is 18.9 Å². The Bertz CT molecular complexity index is 728. The minimum absolute atomic E-state index is 0.138. The van der Waals surface area contributed by atoms with E-state index in [2.05, 4.69) is 4.99 Å². The molecule has 0 spiro atoms. The first-order valence-electron chi connectivity index (χ1n) is 7.28. The van der Waals surface area contributed by atoms with Crippen molar-refractivity contribution in [1.82, 2.24) is 0 Å². The van der Waals surface area contributed by atoms with Gasteiger partial charge in [0.15, 0.2) is 11.5 Å². The summed E-state index contributed by atoms with van der Waals surface area (Å²) in [6.07, 6.45) is 1.59. The summed E-state index contributed by atoms with van der Waals surface area (Å²) in [7, 11) is 6.30. The average Bonchev–Trinajstić information content (AvgIpc) is 2.62. The van der Waals surface area contributed by atoms with E-state index in [0.29, 0.717) is 35.1 Å². The molecule has 0 amide bonds. The van der Waals surface area contributed by atoms with E-state index in [0.717, 1.165) is 5.56 Å². The number of benzene rings is 2. The second-order valence-electron chi connectivity index (χ2n) is 4.91. The lowest BCUT2D eigenvalue weighted by Crippen LogP contribution is -1.97. The fraction of sp³-hybridized carbons (Fsp3) is 0.278. The summed E-state index contributed by atoms with van der Waals surface area (Å²) in [6.45, 7) is 0.361. The third kappa shape index (κ3) is 3.90. The summed E-state index contributed by atoms with van der Waals surface area (Å²) in [6, 6.07) is 8.54. The van der Waals surface area contributed by atoms with Crippen molar-refractivity contribution in [3.05, 3.63) is 41.5 Å². The number of rotatable bonds is 7. The number of aliphatic imine (C=N–C) groups is 1. The monoisotopic (exact) mass is 331 g/mol. The number of ether oxygens (including phenoxy) is 4. The van der Waals surface area contributed by atoms with E-state index in [-0.39, 0.29) is 5.75 Å². The number of hydrogen-bond acceptors (Lipinski definition) is 6. The molecule has 0 aliphatic carbocycles. The molecule has 0 atom stereocenters. The van der Waals surface area contributed by atoms with E-state index in [1.807, 2.05) is 6.07 Å². The van der Waals surface area contributed by atoms with Crippen molar-refractivity contribution in [1.29, 1.82) is 0 Å². The standard InChI is InChI=1S/C18H21NO5/c1-21-14-5-6-15(20)12(7-14)10-19-11-13-8-17(23-3)18(24-4)9-16(13)22-2/h5-10,20H,11H2,1-4H3. The summed E-state index contributed by atoms with van der Waals surface area (Å²) in [4.78, 5) is 4.37. The highest BCUT2D eigenvalue weighted by Crippen LogP contribution is 2.35. The first-order chi connectivity index (χ1) is 11.6. The first-order valence-corrected chi connectivity index (χ1v) is 7.28. The molecule has 0 saturated carbocycles. The Labute approximate surface area is 141 Å². The van der Waals surface area contributed by atoms with Crippen molar-refractivity contribution in [2.75, 3.05) is 28.4 Å². The van der Waals surface area contributed by atoms with Gasteiger partial charge in [-0.2, -0.15) is 0 Å². The van der Waals surface area contributed by atoms with Gasteiger partial charge in [-0.25, -0.2) is 0 Å². The molecule has 0 aromatic heterocycles. The lowest BCUT2D eigenvalue weighted by molar-refractivity contribution is 0.347. The van der Waals surface area contributed by atoms with Gasteiger partial charge in [0, 0.05) is 23.4 Å². The maximum Gasteiger partial charge on any atom is 0.164 e. The molecule has 0 radical (unpaired) electrons. The molecule has 1 N–H and O–H groups in total. The molecule has 2 rings (SSSR count). The molecular formula is C18H21NO5. The van der Waals surface area contributed by atoms with Crippen LogP contribution in [-0.4, -0.2) is 39.8 Å². The summed E-state index contributed by atoms with van der Waals surface area (Å²) >= 11 is 0. The van der Waals surface area contributed by atoms with E-state index < -0.39 is 0 Å². The number of nitrogens with zero attached hydrogens (tertiary/aromatic N) is 1. The van der Waals surface area contributed by atoms with Crippen LogP contribution >= 0.6 is 0 Å². The fourth-order valence-electron chi connectivity index (χ4n) is 2.22. The highest BCUT2D eigenvalue weighted by atomic mass is 16.5. The predicted octanol–water partition coefficient (Wildman–Crippen LogP) is 3.05. The second kappa shape index (κ2) is 8.10. The summed E-state index contributed by atoms with van der Waals surface area (Å²) in [5.41, 5.74) is 1.42. The zero-order valence-electron chi connectivity index (χ0n) is 14.2. The van der Waals surface area contributed by atoms with E-state index >= 15 is 0 Å². The number of aromatic hydroxyl groups is 1. The SMILES string of the molecule is COc1ccc(O)c(C=NCc2cc(OC)c(OC)cc2OC)c1. The quantitative estimate of drug-likeness (QED) is 0.790. The Morgan fingerprint density at radius 3 is 2.17 bits per heavy atom. The number of hydrogen-bond donors (Lipinski definition) is 1. The zero-order valence-corrected chi connectivity index (χ0v) is 14.2. The van der Waals surface area contributed by atoms with Gasteiger partial charge in [0.05, 0.1) is 35.0 Å². The molecule has 6 nitrogen and oxygen atoms in total. The van der Waals surface area contributed by atoms with Crippen LogP contribution < -0.4 is 18.9 Å². The minimum Gasteiger partial charge on any atom is -0.507 e. The van der Waals surface area contributed by atoms with Crippen LogP contribution in [0.25, 0.3) is 0 Å². The van der Waals surface area contributed by atoms with Gasteiger partial charge in [0.1, 0.15) is 17.2 Å². The van der Waals surface area contributed by atoms with Crippen LogP contribution in [-0.2, 0) is 6.54 Å². The van der Waals surface area contributed by atoms with Gasteiger partial charge in [-0.15, -0.1) is 0 Å². The van der Waals surface area contributed by atoms with Crippen LogP contribution in [0.5, 0.6) is 28.7 Å². The molecule has 2 aromatic carbocycles. The Balaban J connectivity index is 2.25. The Morgan fingerprint density at radius 2 is 1.54 bits per heavy atom. The minimum atomic E-state index is 0.138. The Kier molecular flexibility index (Phi) is 5.89. The lowest BCUT2D eigenvalue weighted by atomic mass is 10.1. The van der Waals surface area contributed by atoms with Crippen molar-refractivity contribution in [3.63, 3.8) is 0 Å². The van der Waals surface area contributed by atoms with Gasteiger partial charge in [-0.1, -0.05) is 0 Å². The normalized spacial score (nSPS) is 10.7. The van der Waals surface area contributed by atoms with Gasteiger partial charge < -0.3 is 24.1 Å². The smallest absolute Gasteiger partial charge is 0.164 e. The third-order valence-corrected chi connectivity index (χ3v) is 3.51. The summed E-state index contributed by atoms with van der Waals surface area (Å²) in [5.74, 6) is 2.64. The van der Waals surface area contributed by atoms with Crippen LogP contribution in [0.15, 0.2) is 35.3 Å². The summed E-state index contributed by atoms with van der Waals surface area (Å²) < 4.78 is 21.1. The Morgan fingerprint density at radius 1 is 0.875 bits per heavy atom. The lowest BCUT2D eigenvalue weighted by Gasteiger charge is -2.13. The van der Waals surface area contributed by atoms with Gasteiger partial charge in [0.25, 0.3) is 0 Å². The molecule has 24 heavy (non-hydrogen) atoms. The largest absolute Gasteiger partial charge is 0.507 e. The van der Waals surface area contributed by atoms with Gasteiger partial charge in [-0.05, 0) is 24.3 Å². The molecule has 0 saturated heterocycles.